The van der Waals surface area contributed by atoms with E-state index in [1.165, 1.54) is 6.33 Å². The molecule has 0 atom stereocenters. The van der Waals surface area contributed by atoms with Crippen molar-refractivity contribution in [1.82, 2.24) is 19.7 Å². The van der Waals surface area contributed by atoms with Gasteiger partial charge in [0.2, 0.25) is 11.8 Å². The molecule has 1 amide bonds. The fraction of sp³-hybridized carbons (Fsp3) is 0.294. The monoisotopic (exact) mass is 325 g/mol. The van der Waals surface area contributed by atoms with E-state index in [4.69, 9.17) is 4.42 Å². The van der Waals surface area contributed by atoms with Crippen molar-refractivity contribution in [2.24, 2.45) is 0 Å². The fourth-order valence-corrected chi connectivity index (χ4v) is 2.17. The molecule has 7 heteroatoms. The first-order valence-electron chi connectivity index (χ1n) is 7.80. The van der Waals surface area contributed by atoms with E-state index in [1.54, 1.807) is 17.2 Å². The maximum Gasteiger partial charge on any atom is 0.226 e. The van der Waals surface area contributed by atoms with Crippen molar-refractivity contribution in [3.8, 4) is 11.5 Å². The average molecular weight is 325 g/mol. The minimum atomic E-state index is -0.0727. The van der Waals surface area contributed by atoms with Gasteiger partial charge in [0.15, 0.2) is 0 Å². The van der Waals surface area contributed by atoms with Crippen molar-refractivity contribution in [3.63, 3.8) is 0 Å². The molecular formula is C17H19N5O2. The molecule has 0 aliphatic carbocycles. The summed E-state index contributed by atoms with van der Waals surface area (Å²) in [6.07, 6.45) is 5.12. The third-order valence-electron chi connectivity index (χ3n) is 3.54. The normalized spacial score (nSPS) is 11.0. The van der Waals surface area contributed by atoms with Crippen LogP contribution in [0, 0.1) is 0 Å². The fourth-order valence-electron chi connectivity index (χ4n) is 2.17. The van der Waals surface area contributed by atoms with Gasteiger partial charge in [0.25, 0.3) is 0 Å². The number of oxazole rings is 1. The van der Waals surface area contributed by atoms with Gasteiger partial charge in [-0.3, -0.25) is 9.48 Å². The first-order chi connectivity index (χ1) is 11.6. The number of aryl methyl sites for hydroxylation is 1. The number of rotatable bonds is 6. The molecule has 7 nitrogen and oxygen atoms in total. The second kappa shape index (κ2) is 7.08. The third kappa shape index (κ3) is 3.87. The maximum atomic E-state index is 11.9. The summed E-state index contributed by atoms with van der Waals surface area (Å²) in [6.45, 7) is 4.61. The number of hydrogen-bond acceptors (Lipinski definition) is 5. The van der Waals surface area contributed by atoms with E-state index in [2.05, 4.69) is 34.2 Å². The molecule has 24 heavy (non-hydrogen) atoms. The number of aromatic nitrogens is 4. The zero-order valence-electron chi connectivity index (χ0n) is 13.6. The van der Waals surface area contributed by atoms with Crippen LogP contribution in [0.1, 0.15) is 31.9 Å². The summed E-state index contributed by atoms with van der Waals surface area (Å²) in [4.78, 5) is 20.1. The standard InChI is InChI=1S/C17H19N5O2/c1-12(2)15-9-19-17(24-15)13-3-5-14(6-4-13)21-16(23)7-8-22-11-18-10-20-22/h3-6,9-12H,7-8H2,1-2H3,(H,21,23). The van der Waals surface area contributed by atoms with E-state index < -0.39 is 0 Å². The number of carbonyl (C=O) groups excluding carboxylic acids is 1. The lowest BCUT2D eigenvalue weighted by Crippen LogP contribution is -2.14. The first-order valence-corrected chi connectivity index (χ1v) is 7.80. The Morgan fingerprint density at radius 2 is 2.08 bits per heavy atom. The molecule has 0 aliphatic rings. The number of nitrogens with one attached hydrogen (secondary N) is 1. The number of benzene rings is 1. The number of nitrogens with zero attached hydrogens (tertiary/aromatic N) is 4. The topological polar surface area (TPSA) is 85.8 Å². The molecule has 2 aromatic heterocycles. The van der Waals surface area contributed by atoms with Crippen LogP contribution in [0.5, 0.6) is 0 Å². The second-order valence-corrected chi connectivity index (χ2v) is 5.76. The summed E-state index contributed by atoms with van der Waals surface area (Å²) in [5, 5.41) is 6.82. The minimum absolute atomic E-state index is 0.0727. The van der Waals surface area contributed by atoms with E-state index in [0.29, 0.717) is 24.8 Å². The Balaban J connectivity index is 1.58. The van der Waals surface area contributed by atoms with Gasteiger partial charge >= 0.3 is 0 Å². The molecule has 0 bridgehead atoms. The molecule has 0 saturated heterocycles. The van der Waals surface area contributed by atoms with Crippen LogP contribution in [-0.2, 0) is 11.3 Å². The number of amides is 1. The number of carbonyl (C=O) groups is 1. The maximum absolute atomic E-state index is 11.9. The van der Waals surface area contributed by atoms with Gasteiger partial charge in [-0.1, -0.05) is 13.8 Å². The minimum Gasteiger partial charge on any atom is -0.441 e. The molecule has 3 aromatic rings. The summed E-state index contributed by atoms with van der Waals surface area (Å²) in [7, 11) is 0. The molecule has 1 aromatic carbocycles. The van der Waals surface area contributed by atoms with Crippen molar-refractivity contribution in [3.05, 3.63) is 48.9 Å². The third-order valence-corrected chi connectivity index (χ3v) is 3.54. The van der Waals surface area contributed by atoms with Crippen LogP contribution in [0.2, 0.25) is 0 Å². The van der Waals surface area contributed by atoms with Crippen molar-refractivity contribution < 1.29 is 9.21 Å². The molecule has 3 rings (SSSR count). The van der Waals surface area contributed by atoms with Crippen LogP contribution >= 0.6 is 0 Å². The lowest BCUT2D eigenvalue weighted by Gasteiger charge is -2.06. The Morgan fingerprint density at radius 1 is 1.29 bits per heavy atom. The van der Waals surface area contributed by atoms with E-state index in [9.17, 15) is 4.79 Å². The molecule has 2 heterocycles. The van der Waals surface area contributed by atoms with E-state index >= 15 is 0 Å². The summed E-state index contributed by atoms with van der Waals surface area (Å²) in [5.74, 6) is 1.67. The van der Waals surface area contributed by atoms with Crippen LogP contribution < -0.4 is 5.32 Å². The lowest BCUT2D eigenvalue weighted by molar-refractivity contribution is -0.116. The van der Waals surface area contributed by atoms with Gasteiger partial charge in [-0.25, -0.2) is 9.97 Å². The molecule has 0 unspecified atom stereocenters. The Labute approximate surface area is 139 Å². The first kappa shape index (κ1) is 15.9. The zero-order chi connectivity index (χ0) is 16.9. The Morgan fingerprint density at radius 3 is 2.71 bits per heavy atom. The van der Waals surface area contributed by atoms with Gasteiger partial charge in [0.05, 0.1) is 12.7 Å². The van der Waals surface area contributed by atoms with Crippen LogP contribution in [0.25, 0.3) is 11.5 Å². The van der Waals surface area contributed by atoms with Crippen LogP contribution in [-0.4, -0.2) is 25.7 Å². The van der Waals surface area contributed by atoms with Crippen molar-refractivity contribution in [2.45, 2.75) is 32.7 Å². The predicted molar refractivity (Wildman–Crippen MR) is 89.3 cm³/mol. The van der Waals surface area contributed by atoms with Gasteiger partial charge in [0, 0.05) is 23.6 Å². The molecule has 0 fully saturated rings. The zero-order valence-corrected chi connectivity index (χ0v) is 13.6. The van der Waals surface area contributed by atoms with E-state index in [0.717, 1.165) is 17.0 Å². The molecule has 0 spiro atoms. The van der Waals surface area contributed by atoms with Crippen LogP contribution in [0.4, 0.5) is 5.69 Å². The lowest BCUT2D eigenvalue weighted by atomic mass is 10.2. The summed E-state index contributed by atoms with van der Waals surface area (Å²) in [6, 6.07) is 7.43. The molecule has 0 radical (unpaired) electrons. The summed E-state index contributed by atoms with van der Waals surface area (Å²) >= 11 is 0. The molecular weight excluding hydrogens is 306 g/mol. The Bertz CT molecular complexity index is 791. The summed E-state index contributed by atoms with van der Waals surface area (Å²) in [5.41, 5.74) is 1.61. The molecule has 1 N–H and O–H groups in total. The van der Waals surface area contributed by atoms with Gasteiger partial charge < -0.3 is 9.73 Å². The van der Waals surface area contributed by atoms with Crippen LogP contribution in [0.3, 0.4) is 0 Å². The largest absolute Gasteiger partial charge is 0.441 e. The van der Waals surface area contributed by atoms with Crippen molar-refractivity contribution in [2.75, 3.05) is 5.32 Å². The van der Waals surface area contributed by atoms with Crippen LogP contribution in [0.15, 0.2) is 47.5 Å². The predicted octanol–water partition coefficient (Wildman–Crippen LogP) is 3.09. The SMILES string of the molecule is CC(C)c1cnc(-c2ccc(NC(=O)CCn3cncn3)cc2)o1. The highest BCUT2D eigenvalue weighted by atomic mass is 16.4. The van der Waals surface area contributed by atoms with Gasteiger partial charge in [-0.05, 0) is 24.3 Å². The van der Waals surface area contributed by atoms with Gasteiger partial charge in [0.1, 0.15) is 18.4 Å². The van der Waals surface area contributed by atoms with E-state index in [1.807, 2.05) is 24.3 Å². The smallest absolute Gasteiger partial charge is 0.226 e. The van der Waals surface area contributed by atoms with Crippen molar-refractivity contribution >= 4 is 11.6 Å². The van der Waals surface area contributed by atoms with E-state index in [-0.39, 0.29) is 5.91 Å². The molecule has 0 aliphatic heterocycles. The average Bonchev–Trinajstić information content (AvgIpc) is 3.25. The highest BCUT2D eigenvalue weighted by Gasteiger charge is 2.10. The Hall–Kier alpha value is -2.96. The Kier molecular flexibility index (Phi) is 4.69. The van der Waals surface area contributed by atoms with Gasteiger partial charge in [-0.2, -0.15) is 5.10 Å². The summed E-state index contributed by atoms with van der Waals surface area (Å²) < 4.78 is 7.34. The van der Waals surface area contributed by atoms with Crippen molar-refractivity contribution in [1.29, 1.82) is 0 Å². The molecule has 0 saturated carbocycles. The number of hydrogen-bond donors (Lipinski definition) is 1. The number of anilines is 1. The van der Waals surface area contributed by atoms with Gasteiger partial charge in [-0.15, -0.1) is 0 Å². The highest BCUT2D eigenvalue weighted by Crippen LogP contribution is 2.24. The second-order valence-electron chi connectivity index (χ2n) is 5.76. The molecule has 124 valence electrons. The highest BCUT2D eigenvalue weighted by molar-refractivity contribution is 5.90. The quantitative estimate of drug-likeness (QED) is 0.752.